The van der Waals surface area contributed by atoms with Crippen LogP contribution in [0.3, 0.4) is 0 Å². The fourth-order valence-electron chi connectivity index (χ4n) is 2.70. The third-order valence-electron chi connectivity index (χ3n) is 3.90. The zero-order valence-electron chi connectivity index (χ0n) is 12.2. The highest BCUT2D eigenvalue weighted by molar-refractivity contribution is 7.89. The molecule has 0 bridgehead atoms. The van der Waals surface area contributed by atoms with Gasteiger partial charge in [-0.2, -0.15) is 4.31 Å². The first-order chi connectivity index (χ1) is 10.5. The summed E-state index contributed by atoms with van der Waals surface area (Å²) < 4.78 is 40.2. The molecule has 3 rings (SSSR count). The van der Waals surface area contributed by atoms with E-state index in [1.165, 1.54) is 22.5 Å². The van der Waals surface area contributed by atoms with E-state index in [-0.39, 0.29) is 4.90 Å². The predicted molar refractivity (Wildman–Crippen MR) is 84.0 cm³/mol. The first-order valence-electron chi connectivity index (χ1n) is 7.15. The molecule has 0 unspecified atom stereocenters. The van der Waals surface area contributed by atoms with E-state index in [2.05, 4.69) is 4.98 Å². The van der Waals surface area contributed by atoms with Crippen molar-refractivity contribution in [1.29, 1.82) is 0 Å². The number of benzene rings is 1. The van der Waals surface area contributed by atoms with Gasteiger partial charge in [-0.15, -0.1) is 11.3 Å². The van der Waals surface area contributed by atoms with Crippen molar-refractivity contribution in [3.63, 3.8) is 0 Å². The summed E-state index contributed by atoms with van der Waals surface area (Å²) in [5, 5.41) is 1.07. The van der Waals surface area contributed by atoms with Gasteiger partial charge in [-0.1, -0.05) is 12.1 Å². The van der Waals surface area contributed by atoms with Crippen LogP contribution in [-0.2, 0) is 10.0 Å². The van der Waals surface area contributed by atoms with Gasteiger partial charge in [0.05, 0.1) is 5.01 Å². The molecular formula is C15H17FN2O2S2. The van der Waals surface area contributed by atoms with E-state index in [1.54, 1.807) is 17.4 Å². The fraction of sp³-hybridized carbons (Fsp3) is 0.400. The number of sulfonamides is 1. The molecule has 4 nitrogen and oxygen atoms in total. The van der Waals surface area contributed by atoms with Crippen LogP contribution in [0.4, 0.5) is 4.39 Å². The highest BCUT2D eigenvalue weighted by Gasteiger charge is 2.32. The van der Waals surface area contributed by atoms with Crippen molar-refractivity contribution < 1.29 is 12.8 Å². The average molecular weight is 340 g/mol. The first-order valence-corrected chi connectivity index (χ1v) is 9.41. The molecule has 1 fully saturated rings. The second-order valence-corrected chi connectivity index (χ2v) is 8.59. The summed E-state index contributed by atoms with van der Waals surface area (Å²) in [6.45, 7) is 2.82. The maximum Gasteiger partial charge on any atom is 0.245 e. The number of hydrogen-bond donors (Lipinski definition) is 0. The van der Waals surface area contributed by atoms with E-state index in [0.29, 0.717) is 19.0 Å². The maximum atomic E-state index is 13.8. The van der Waals surface area contributed by atoms with Crippen molar-refractivity contribution in [3.8, 4) is 0 Å². The Hall–Kier alpha value is -1.31. The minimum atomic E-state index is -3.75. The number of piperidine rings is 1. The SMILES string of the molecule is Cc1cnc(C2CCN(S(=O)(=O)c3ccccc3F)CC2)s1. The van der Waals surface area contributed by atoms with Crippen molar-refractivity contribution in [2.45, 2.75) is 30.6 Å². The number of aryl methyl sites for hydroxylation is 1. The van der Waals surface area contributed by atoms with E-state index in [0.717, 1.165) is 22.7 Å². The lowest BCUT2D eigenvalue weighted by Gasteiger charge is -2.30. The summed E-state index contributed by atoms with van der Waals surface area (Å²) in [7, 11) is -3.75. The van der Waals surface area contributed by atoms with Crippen LogP contribution in [0.25, 0.3) is 0 Å². The number of hydrogen-bond acceptors (Lipinski definition) is 4. The monoisotopic (exact) mass is 340 g/mol. The van der Waals surface area contributed by atoms with Crippen molar-refractivity contribution in [2.75, 3.05) is 13.1 Å². The van der Waals surface area contributed by atoms with Crippen LogP contribution in [0, 0.1) is 12.7 Å². The minimum absolute atomic E-state index is 0.237. The lowest BCUT2D eigenvalue weighted by molar-refractivity contribution is 0.318. The third-order valence-corrected chi connectivity index (χ3v) is 6.90. The number of halogens is 1. The van der Waals surface area contributed by atoms with Crippen LogP contribution in [0.2, 0.25) is 0 Å². The number of aromatic nitrogens is 1. The minimum Gasteiger partial charge on any atom is -0.249 e. The van der Waals surface area contributed by atoms with Gasteiger partial charge in [0.15, 0.2) is 0 Å². The van der Waals surface area contributed by atoms with Crippen molar-refractivity contribution >= 4 is 21.4 Å². The molecule has 1 aliphatic heterocycles. The zero-order chi connectivity index (χ0) is 15.7. The first kappa shape index (κ1) is 15.6. The topological polar surface area (TPSA) is 50.3 Å². The molecule has 1 saturated heterocycles. The van der Waals surface area contributed by atoms with Crippen LogP contribution in [0.1, 0.15) is 28.6 Å². The van der Waals surface area contributed by atoms with Crippen molar-refractivity contribution in [2.24, 2.45) is 0 Å². The van der Waals surface area contributed by atoms with Crippen LogP contribution >= 0.6 is 11.3 Å². The van der Waals surface area contributed by atoms with Crippen LogP contribution < -0.4 is 0 Å². The van der Waals surface area contributed by atoms with Crippen LogP contribution in [0.5, 0.6) is 0 Å². The standard InChI is InChI=1S/C15H17FN2O2S2/c1-11-10-17-15(21-11)12-6-8-18(9-7-12)22(19,20)14-5-3-2-4-13(14)16/h2-5,10,12H,6-9H2,1H3. The average Bonchev–Trinajstić information content (AvgIpc) is 2.94. The summed E-state index contributed by atoms with van der Waals surface area (Å²) in [5.41, 5.74) is 0. The Morgan fingerprint density at radius 1 is 1.27 bits per heavy atom. The quantitative estimate of drug-likeness (QED) is 0.862. The van der Waals surface area contributed by atoms with Gasteiger partial charge in [0.25, 0.3) is 0 Å². The zero-order valence-corrected chi connectivity index (χ0v) is 13.8. The molecule has 22 heavy (non-hydrogen) atoms. The van der Waals surface area contributed by atoms with Crippen molar-refractivity contribution in [1.82, 2.24) is 9.29 Å². The Morgan fingerprint density at radius 3 is 2.55 bits per heavy atom. The molecular weight excluding hydrogens is 323 g/mol. The van der Waals surface area contributed by atoms with Crippen LogP contribution in [-0.4, -0.2) is 30.8 Å². The molecule has 0 N–H and O–H groups in total. The maximum absolute atomic E-state index is 13.8. The molecule has 118 valence electrons. The highest BCUT2D eigenvalue weighted by Crippen LogP contribution is 2.33. The molecule has 2 heterocycles. The Kier molecular flexibility index (Phi) is 4.29. The Bertz CT molecular complexity index is 765. The highest BCUT2D eigenvalue weighted by atomic mass is 32.2. The summed E-state index contributed by atoms with van der Waals surface area (Å²) in [4.78, 5) is 5.32. The molecule has 1 aliphatic rings. The van der Waals surface area contributed by atoms with E-state index in [9.17, 15) is 12.8 Å². The molecule has 1 aromatic heterocycles. The molecule has 7 heteroatoms. The Labute approximate surface area is 133 Å². The van der Waals surface area contributed by atoms with Gasteiger partial charge in [-0.25, -0.2) is 17.8 Å². The number of nitrogens with zero attached hydrogens (tertiary/aromatic N) is 2. The predicted octanol–water partition coefficient (Wildman–Crippen LogP) is 3.16. The van der Waals surface area contributed by atoms with Crippen molar-refractivity contribution in [3.05, 3.63) is 46.2 Å². The third kappa shape index (κ3) is 2.93. The van der Waals surface area contributed by atoms with Gasteiger partial charge in [-0.05, 0) is 31.9 Å². The molecule has 0 spiro atoms. The van der Waals surface area contributed by atoms with Gasteiger partial charge < -0.3 is 0 Å². The smallest absolute Gasteiger partial charge is 0.245 e. The normalized spacial score (nSPS) is 17.7. The second-order valence-electron chi connectivity index (χ2n) is 5.42. The van der Waals surface area contributed by atoms with Gasteiger partial charge in [0.2, 0.25) is 10.0 Å². The van der Waals surface area contributed by atoms with Gasteiger partial charge in [-0.3, -0.25) is 0 Å². The molecule has 0 aliphatic carbocycles. The Morgan fingerprint density at radius 2 is 1.95 bits per heavy atom. The summed E-state index contributed by atoms with van der Waals surface area (Å²) >= 11 is 1.66. The summed E-state index contributed by atoms with van der Waals surface area (Å²) in [6.07, 6.45) is 3.30. The van der Waals surface area contributed by atoms with E-state index >= 15 is 0 Å². The van der Waals surface area contributed by atoms with E-state index < -0.39 is 15.8 Å². The van der Waals surface area contributed by atoms with Gasteiger partial charge in [0, 0.05) is 30.1 Å². The summed E-state index contributed by atoms with van der Waals surface area (Å²) in [5.74, 6) is -0.397. The lowest BCUT2D eigenvalue weighted by Crippen LogP contribution is -2.38. The molecule has 0 atom stereocenters. The molecule has 2 aromatic rings. The van der Waals surface area contributed by atoms with Gasteiger partial charge >= 0.3 is 0 Å². The Balaban J connectivity index is 1.75. The largest absolute Gasteiger partial charge is 0.249 e. The van der Waals surface area contributed by atoms with E-state index in [4.69, 9.17) is 0 Å². The second kappa shape index (κ2) is 6.06. The molecule has 0 amide bonds. The van der Waals surface area contributed by atoms with Gasteiger partial charge in [0.1, 0.15) is 10.7 Å². The molecule has 1 aromatic carbocycles. The molecule has 0 saturated carbocycles. The summed E-state index contributed by atoms with van der Waals surface area (Å²) in [6, 6.07) is 5.53. The fourth-order valence-corrected chi connectivity index (χ4v) is 5.17. The number of thiazole rings is 1. The van der Waals surface area contributed by atoms with Crippen LogP contribution in [0.15, 0.2) is 35.4 Å². The molecule has 0 radical (unpaired) electrons. The number of rotatable bonds is 3. The van der Waals surface area contributed by atoms with E-state index in [1.807, 2.05) is 13.1 Å². The lowest BCUT2D eigenvalue weighted by atomic mass is 9.99.